The fourth-order valence-corrected chi connectivity index (χ4v) is 1.85. The average molecular weight is 292 g/mol. The smallest absolute Gasteiger partial charge is 0.131 e. The third kappa shape index (κ3) is 3.52. The molecule has 21 heavy (non-hydrogen) atoms. The van der Waals surface area contributed by atoms with Crippen molar-refractivity contribution in [3.63, 3.8) is 0 Å². The van der Waals surface area contributed by atoms with Crippen LogP contribution < -0.4 is 5.32 Å². The zero-order valence-electron chi connectivity index (χ0n) is 10.8. The number of anilines is 1. The molecular weight excluding hydrogens is 281 g/mol. The molecule has 0 aromatic heterocycles. The van der Waals surface area contributed by atoms with E-state index in [9.17, 15) is 18.3 Å². The first-order valence-electron chi connectivity index (χ1n) is 6.08. The quantitative estimate of drug-likeness (QED) is 0.910. The number of nitrogens with one attached hydrogen (secondary N) is 1. The number of benzene rings is 2. The van der Waals surface area contributed by atoms with Gasteiger partial charge < -0.3 is 10.4 Å². The molecule has 3 nitrogen and oxygen atoms in total. The van der Waals surface area contributed by atoms with Crippen LogP contribution in [-0.4, -0.2) is 11.7 Å². The maximum absolute atomic E-state index is 13.5. The van der Waals surface area contributed by atoms with Gasteiger partial charge in [0, 0.05) is 18.2 Å². The molecule has 0 aliphatic rings. The Kier molecular flexibility index (Phi) is 4.45. The summed E-state index contributed by atoms with van der Waals surface area (Å²) in [5.74, 6) is -2.15. The standard InChI is InChI=1S/C15H11F3N2O/c16-10-2-4-14(9(5-10)7-19)20-8-15(21)12-3-1-11(17)6-13(12)18/h1-6,15,20-21H,8H2. The molecule has 0 saturated heterocycles. The lowest BCUT2D eigenvalue weighted by Gasteiger charge is -2.14. The lowest BCUT2D eigenvalue weighted by Crippen LogP contribution is -2.14. The maximum Gasteiger partial charge on any atom is 0.131 e. The third-order valence-corrected chi connectivity index (χ3v) is 2.91. The highest BCUT2D eigenvalue weighted by Gasteiger charge is 2.14. The van der Waals surface area contributed by atoms with Crippen LogP contribution in [0.1, 0.15) is 17.2 Å². The van der Waals surface area contributed by atoms with Gasteiger partial charge in [-0.3, -0.25) is 0 Å². The van der Waals surface area contributed by atoms with E-state index in [4.69, 9.17) is 5.26 Å². The molecule has 0 radical (unpaired) electrons. The molecule has 0 aliphatic carbocycles. The molecule has 0 fully saturated rings. The molecule has 0 amide bonds. The molecule has 0 aliphatic heterocycles. The maximum atomic E-state index is 13.5. The predicted octanol–water partition coefficient (Wildman–Crippen LogP) is 3.12. The van der Waals surface area contributed by atoms with Gasteiger partial charge in [-0.1, -0.05) is 6.07 Å². The van der Waals surface area contributed by atoms with Crippen LogP contribution in [0.3, 0.4) is 0 Å². The van der Waals surface area contributed by atoms with E-state index in [0.717, 1.165) is 24.3 Å². The van der Waals surface area contributed by atoms with E-state index >= 15 is 0 Å². The van der Waals surface area contributed by atoms with E-state index in [1.165, 1.54) is 6.07 Å². The Balaban J connectivity index is 2.11. The van der Waals surface area contributed by atoms with Crippen LogP contribution in [0, 0.1) is 28.8 Å². The summed E-state index contributed by atoms with van der Waals surface area (Å²) < 4.78 is 39.3. The normalized spacial score (nSPS) is 11.8. The zero-order valence-corrected chi connectivity index (χ0v) is 10.8. The molecule has 0 spiro atoms. The van der Waals surface area contributed by atoms with Crippen molar-refractivity contribution >= 4 is 5.69 Å². The fourth-order valence-electron chi connectivity index (χ4n) is 1.85. The van der Waals surface area contributed by atoms with Gasteiger partial charge in [-0.05, 0) is 24.3 Å². The summed E-state index contributed by atoms with van der Waals surface area (Å²) >= 11 is 0. The highest BCUT2D eigenvalue weighted by molar-refractivity contribution is 5.57. The Hall–Kier alpha value is -2.52. The summed E-state index contributed by atoms with van der Waals surface area (Å²) in [6.45, 7) is -0.108. The SMILES string of the molecule is N#Cc1cc(F)ccc1NCC(O)c1ccc(F)cc1F. The fraction of sp³-hybridized carbons (Fsp3) is 0.133. The van der Waals surface area contributed by atoms with Gasteiger partial charge >= 0.3 is 0 Å². The van der Waals surface area contributed by atoms with E-state index < -0.39 is 23.6 Å². The van der Waals surface area contributed by atoms with E-state index in [0.29, 0.717) is 11.8 Å². The Morgan fingerprint density at radius 2 is 1.76 bits per heavy atom. The van der Waals surface area contributed by atoms with Crippen LogP contribution in [-0.2, 0) is 0 Å². The number of halogens is 3. The highest BCUT2D eigenvalue weighted by atomic mass is 19.1. The second-order valence-corrected chi connectivity index (χ2v) is 4.36. The lowest BCUT2D eigenvalue weighted by atomic mass is 10.1. The lowest BCUT2D eigenvalue weighted by molar-refractivity contribution is 0.186. The van der Waals surface area contributed by atoms with Crippen molar-refractivity contribution in [1.82, 2.24) is 0 Å². The number of aliphatic hydroxyl groups is 1. The van der Waals surface area contributed by atoms with Crippen molar-refractivity contribution in [3.8, 4) is 6.07 Å². The van der Waals surface area contributed by atoms with Gasteiger partial charge in [-0.25, -0.2) is 13.2 Å². The van der Waals surface area contributed by atoms with Crippen molar-refractivity contribution in [1.29, 1.82) is 5.26 Å². The van der Waals surface area contributed by atoms with Gasteiger partial charge in [0.15, 0.2) is 0 Å². The first-order chi connectivity index (χ1) is 10.0. The van der Waals surface area contributed by atoms with Gasteiger partial charge in [0.2, 0.25) is 0 Å². The van der Waals surface area contributed by atoms with Crippen LogP contribution in [0.2, 0.25) is 0 Å². The summed E-state index contributed by atoms with van der Waals surface area (Å²) in [5.41, 5.74) is 0.326. The van der Waals surface area contributed by atoms with Gasteiger partial charge in [0.1, 0.15) is 23.5 Å². The predicted molar refractivity (Wildman–Crippen MR) is 70.9 cm³/mol. The van der Waals surface area contributed by atoms with E-state index in [2.05, 4.69) is 5.32 Å². The average Bonchev–Trinajstić information content (AvgIpc) is 2.45. The molecule has 0 heterocycles. The van der Waals surface area contributed by atoms with Crippen molar-refractivity contribution in [3.05, 3.63) is 65.0 Å². The number of aliphatic hydroxyl groups excluding tert-OH is 1. The first-order valence-corrected chi connectivity index (χ1v) is 6.08. The van der Waals surface area contributed by atoms with Crippen LogP contribution in [0.15, 0.2) is 36.4 Å². The highest BCUT2D eigenvalue weighted by Crippen LogP contribution is 2.21. The summed E-state index contributed by atoms with van der Waals surface area (Å²) in [6, 6.07) is 8.23. The number of rotatable bonds is 4. The molecule has 0 saturated carbocycles. The van der Waals surface area contributed by atoms with E-state index in [1.54, 1.807) is 0 Å². The number of nitrogens with zero attached hydrogens (tertiary/aromatic N) is 1. The molecule has 2 N–H and O–H groups in total. The molecule has 1 atom stereocenters. The molecule has 2 aromatic carbocycles. The molecular formula is C15H11F3N2O. The van der Waals surface area contributed by atoms with Crippen LogP contribution >= 0.6 is 0 Å². The van der Waals surface area contributed by atoms with E-state index in [1.807, 2.05) is 6.07 Å². The Labute approximate surface area is 119 Å². The molecule has 2 rings (SSSR count). The summed E-state index contributed by atoms with van der Waals surface area (Å²) in [5, 5.41) is 21.5. The molecule has 1 unspecified atom stereocenters. The monoisotopic (exact) mass is 292 g/mol. The summed E-state index contributed by atoms with van der Waals surface area (Å²) in [6.07, 6.45) is -1.23. The van der Waals surface area contributed by atoms with Gasteiger partial charge in [0.05, 0.1) is 17.4 Å². The Bertz CT molecular complexity index is 698. The topological polar surface area (TPSA) is 56.0 Å². The van der Waals surface area contributed by atoms with Gasteiger partial charge in [-0.2, -0.15) is 5.26 Å². The zero-order chi connectivity index (χ0) is 15.4. The van der Waals surface area contributed by atoms with Crippen molar-refractivity contribution in [2.75, 3.05) is 11.9 Å². The van der Waals surface area contributed by atoms with Gasteiger partial charge in [-0.15, -0.1) is 0 Å². The first kappa shape index (κ1) is 14.9. The van der Waals surface area contributed by atoms with E-state index in [-0.39, 0.29) is 17.7 Å². The largest absolute Gasteiger partial charge is 0.386 e. The molecule has 108 valence electrons. The minimum absolute atomic E-state index is 0.0653. The Morgan fingerprint density at radius 1 is 1.10 bits per heavy atom. The molecule has 2 aromatic rings. The van der Waals surface area contributed by atoms with Crippen LogP contribution in [0.5, 0.6) is 0 Å². The summed E-state index contributed by atoms with van der Waals surface area (Å²) in [4.78, 5) is 0. The second-order valence-electron chi connectivity index (χ2n) is 4.36. The van der Waals surface area contributed by atoms with Crippen LogP contribution in [0.25, 0.3) is 0 Å². The number of hydrogen-bond acceptors (Lipinski definition) is 3. The number of hydrogen-bond donors (Lipinski definition) is 2. The third-order valence-electron chi connectivity index (χ3n) is 2.91. The second kappa shape index (κ2) is 6.29. The van der Waals surface area contributed by atoms with Crippen molar-refractivity contribution in [2.45, 2.75) is 6.10 Å². The summed E-state index contributed by atoms with van der Waals surface area (Å²) in [7, 11) is 0. The van der Waals surface area contributed by atoms with Crippen molar-refractivity contribution < 1.29 is 18.3 Å². The Morgan fingerprint density at radius 3 is 2.43 bits per heavy atom. The minimum Gasteiger partial charge on any atom is -0.386 e. The van der Waals surface area contributed by atoms with Gasteiger partial charge in [0.25, 0.3) is 0 Å². The van der Waals surface area contributed by atoms with Crippen molar-refractivity contribution in [2.24, 2.45) is 0 Å². The minimum atomic E-state index is -1.23. The molecule has 6 heteroatoms. The molecule has 0 bridgehead atoms. The van der Waals surface area contributed by atoms with Crippen LogP contribution in [0.4, 0.5) is 18.9 Å². The number of nitriles is 1.